The van der Waals surface area contributed by atoms with Crippen LogP contribution in [0, 0.1) is 0 Å². The van der Waals surface area contributed by atoms with Gasteiger partial charge < -0.3 is 0 Å². The van der Waals surface area contributed by atoms with Gasteiger partial charge in [0.05, 0.1) is 5.41 Å². The van der Waals surface area contributed by atoms with Crippen LogP contribution < -0.4 is 0 Å². The van der Waals surface area contributed by atoms with E-state index in [-0.39, 0.29) is 0 Å². The van der Waals surface area contributed by atoms with Gasteiger partial charge in [0.15, 0.2) is 17.5 Å². The van der Waals surface area contributed by atoms with Crippen LogP contribution in [0.4, 0.5) is 0 Å². The third-order valence-corrected chi connectivity index (χ3v) is 16.9. The van der Waals surface area contributed by atoms with Gasteiger partial charge in [-0.15, -0.1) is 11.3 Å². The van der Waals surface area contributed by atoms with Crippen LogP contribution >= 0.6 is 11.3 Å². The predicted octanol–water partition coefficient (Wildman–Crippen LogP) is 19.4. The highest BCUT2D eigenvalue weighted by Gasteiger charge is 2.46. The third-order valence-electron chi connectivity index (χ3n) is 15.8. The SMILES string of the molecule is c1ccc(-c2cc(-c3cccc(C4(c5ccccc5)c5ccccc5-c5ccccc54)c3)cc(-c3nc(-c4ccccc4)nc(-c4ccc(-c5cccc6sc7cc(-c8ccccc8)ccc7c56)c5ccccc45)n3)c2)cc1. The molecule has 14 aromatic rings. The molecular formula is C74H47N3S. The van der Waals surface area contributed by atoms with Crippen LogP contribution in [0.5, 0.6) is 0 Å². The van der Waals surface area contributed by atoms with E-state index in [0.29, 0.717) is 17.5 Å². The van der Waals surface area contributed by atoms with Crippen molar-refractivity contribution in [1.29, 1.82) is 0 Å². The van der Waals surface area contributed by atoms with Gasteiger partial charge in [-0.1, -0.05) is 243 Å². The minimum Gasteiger partial charge on any atom is -0.208 e. The fourth-order valence-electron chi connectivity index (χ4n) is 12.3. The Labute approximate surface area is 457 Å². The maximum Gasteiger partial charge on any atom is 0.164 e. The van der Waals surface area contributed by atoms with E-state index >= 15 is 0 Å². The first-order valence-electron chi connectivity index (χ1n) is 26.6. The lowest BCUT2D eigenvalue weighted by Crippen LogP contribution is -2.28. The minimum absolute atomic E-state index is 0.535. The summed E-state index contributed by atoms with van der Waals surface area (Å²) in [6.07, 6.45) is 0. The standard InChI is InChI=1S/C74H47N3S/c1-5-21-48(22-6-1)52-39-40-65-69(47-52)78-68-38-20-35-63(70(65)68)60-41-42-64(59-32-14-13-31-58(59)60)73-76-71(50-25-9-3-10-26-50)75-72(77-73)55-44-53(49-23-7-2-8-24-49)43-54(45-55)51-27-19-30-57(46-51)74(56-28-11-4-12-29-56)66-36-17-15-33-61(66)62-34-16-18-37-67(62)74/h1-47H. The van der Waals surface area contributed by atoms with E-state index in [1.807, 2.05) is 29.5 Å². The second kappa shape index (κ2) is 18.7. The van der Waals surface area contributed by atoms with Crippen LogP contribution in [0.15, 0.2) is 285 Å². The van der Waals surface area contributed by atoms with Crippen LogP contribution in [0.1, 0.15) is 22.3 Å². The Morgan fingerprint density at radius 2 is 0.718 bits per heavy atom. The van der Waals surface area contributed by atoms with E-state index in [1.165, 1.54) is 75.8 Å². The zero-order valence-corrected chi connectivity index (χ0v) is 43.2. The maximum absolute atomic E-state index is 5.50. The van der Waals surface area contributed by atoms with Gasteiger partial charge in [0, 0.05) is 36.9 Å². The van der Waals surface area contributed by atoms with Gasteiger partial charge >= 0.3 is 0 Å². The molecule has 0 radical (unpaired) electrons. The highest BCUT2D eigenvalue weighted by atomic mass is 32.1. The number of hydrogen-bond donors (Lipinski definition) is 0. The van der Waals surface area contributed by atoms with Crippen molar-refractivity contribution < 1.29 is 0 Å². The summed E-state index contributed by atoms with van der Waals surface area (Å²) in [6, 6.07) is 103. The molecule has 2 heterocycles. The average Bonchev–Trinajstić information content (AvgIpc) is 4.24. The summed E-state index contributed by atoms with van der Waals surface area (Å²) in [5.41, 5.74) is 19.0. The summed E-state index contributed by atoms with van der Waals surface area (Å²) in [7, 11) is 0. The highest BCUT2D eigenvalue weighted by Crippen LogP contribution is 2.56. The quantitative estimate of drug-likeness (QED) is 0.145. The molecule has 2 aromatic heterocycles. The van der Waals surface area contributed by atoms with Crippen molar-refractivity contribution in [3.63, 3.8) is 0 Å². The topological polar surface area (TPSA) is 38.7 Å². The Bertz CT molecular complexity index is 4560. The van der Waals surface area contributed by atoms with E-state index in [0.717, 1.165) is 49.7 Å². The van der Waals surface area contributed by atoms with Crippen molar-refractivity contribution >= 4 is 42.3 Å². The van der Waals surface area contributed by atoms with E-state index in [9.17, 15) is 0 Å². The summed E-state index contributed by atoms with van der Waals surface area (Å²) < 4.78 is 2.55. The molecule has 0 aliphatic heterocycles. The molecular weight excluding hydrogens is 963 g/mol. The Morgan fingerprint density at radius 1 is 0.244 bits per heavy atom. The molecule has 15 rings (SSSR count). The molecule has 1 aliphatic rings. The molecule has 3 nitrogen and oxygen atoms in total. The van der Waals surface area contributed by atoms with Crippen molar-refractivity contribution in [2.45, 2.75) is 5.41 Å². The lowest BCUT2D eigenvalue weighted by Gasteiger charge is -2.34. The molecule has 12 aromatic carbocycles. The molecule has 1 aliphatic carbocycles. The van der Waals surface area contributed by atoms with Gasteiger partial charge in [-0.2, -0.15) is 0 Å². The number of hydrogen-bond acceptors (Lipinski definition) is 4. The smallest absolute Gasteiger partial charge is 0.164 e. The molecule has 0 N–H and O–H groups in total. The molecule has 0 saturated heterocycles. The second-order valence-electron chi connectivity index (χ2n) is 20.2. The van der Waals surface area contributed by atoms with E-state index in [1.54, 1.807) is 0 Å². The third kappa shape index (κ3) is 7.52. The number of aromatic nitrogens is 3. The van der Waals surface area contributed by atoms with Gasteiger partial charge in [-0.25, -0.2) is 15.0 Å². The van der Waals surface area contributed by atoms with Gasteiger partial charge in [0.2, 0.25) is 0 Å². The zero-order valence-electron chi connectivity index (χ0n) is 42.4. The lowest BCUT2D eigenvalue weighted by molar-refractivity contribution is 0.769. The summed E-state index contributed by atoms with van der Waals surface area (Å²) >= 11 is 1.86. The molecule has 364 valence electrons. The van der Waals surface area contributed by atoms with Gasteiger partial charge in [-0.05, 0) is 131 Å². The molecule has 0 fully saturated rings. The first-order chi connectivity index (χ1) is 38.7. The molecule has 0 bridgehead atoms. The van der Waals surface area contributed by atoms with Crippen LogP contribution in [0.25, 0.3) is 121 Å². The monoisotopic (exact) mass is 1010 g/mol. The highest BCUT2D eigenvalue weighted by molar-refractivity contribution is 7.26. The van der Waals surface area contributed by atoms with Crippen molar-refractivity contribution in [2.24, 2.45) is 0 Å². The van der Waals surface area contributed by atoms with Gasteiger partial charge in [-0.3, -0.25) is 0 Å². The summed E-state index contributed by atoms with van der Waals surface area (Å²) in [4.78, 5) is 16.2. The summed E-state index contributed by atoms with van der Waals surface area (Å²) in [5, 5.41) is 4.75. The molecule has 0 atom stereocenters. The van der Waals surface area contributed by atoms with Crippen molar-refractivity contribution in [3.8, 4) is 89.8 Å². The normalized spacial score (nSPS) is 12.5. The largest absolute Gasteiger partial charge is 0.208 e. The van der Waals surface area contributed by atoms with Gasteiger partial charge in [0.1, 0.15) is 0 Å². The number of fused-ring (bicyclic) bond motifs is 7. The molecule has 0 unspecified atom stereocenters. The Balaban J connectivity index is 0.905. The molecule has 0 amide bonds. The first kappa shape index (κ1) is 45.5. The van der Waals surface area contributed by atoms with E-state index in [4.69, 9.17) is 15.0 Å². The van der Waals surface area contributed by atoms with Crippen LogP contribution in [-0.4, -0.2) is 15.0 Å². The summed E-state index contributed by atoms with van der Waals surface area (Å²) in [6.45, 7) is 0. The molecule has 0 spiro atoms. The van der Waals surface area contributed by atoms with Gasteiger partial charge in [0.25, 0.3) is 0 Å². The fraction of sp³-hybridized carbons (Fsp3) is 0.0135. The lowest BCUT2D eigenvalue weighted by atomic mass is 9.67. The number of thiophene rings is 1. The molecule has 4 heteroatoms. The van der Waals surface area contributed by atoms with E-state index < -0.39 is 5.41 Å². The molecule has 0 saturated carbocycles. The fourth-order valence-corrected chi connectivity index (χ4v) is 13.5. The van der Waals surface area contributed by atoms with Crippen LogP contribution in [0.2, 0.25) is 0 Å². The van der Waals surface area contributed by atoms with Crippen LogP contribution in [-0.2, 0) is 5.41 Å². The first-order valence-corrected chi connectivity index (χ1v) is 27.4. The van der Waals surface area contributed by atoms with Crippen LogP contribution in [0.3, 0.4) is 0 Å². The average molecular weight is 1010 g/mol. The number of rotatable bonds is 9. The summed E-state index contributed by atoms with van der Waals surface area (Å²) in [5.74, 6) is 1.84. The Morgan fingerprint density at radius 3 is 1.41 bits per heavy atom. The maximum atomic E-state index is 5.50. The number of nitrogens with zero attached hydrogens (tertiary/aromatic N) is 3. The number of benzene rings is 12. The zero-order chi connectivity index (χ0) is 51.6. The minimum atomic E-state index is -0.535. The van der Waals surface area contributed by atoms with Crippen molar-refractivity contribution in [2.75, 3.05) is 0 Å². The Hall–Kier alpha value is -9.87. The van der Waals surface area contributed by atoms with E-state index in [2.05, 4.69) is 267 Å². The molecule has 78 heavy (non-hydrogen) atoms. The van der Waals surface area contributed by atoms with Crippen molar-refractivity contribution in [1.82, 2.24) is 15.0 Å². The van der Waals surface area contributed by atoms with Crippen molar-refractivity contribution in [3.05, 3.63) is 307 Å². The predicted molar refractivity (Wildman–Crippen MR) is 326 cm³/mol. The second-order valence-corrected chi connectivity index (χ2v) is 21.3. The Kier molecular flexibility index (Phi) is 10.9.